The van der Waals surface area contributed by atoms with Gasteiger partial charge in [-0.25, -0.2) is 4.99 Å². The number of rotatable bonds is 2. The highest BCUT2D eigenvalue weighted by atomic mass is 15.4. The third-order valence-corrected chi connectivity index (χ3v) is 2.51. The summed E-state index contributed by atoms with van der Waals surface area (Å²) in [5, 5.41) is 0. The normalized spacial score (nSPS) is 20.3. The summed E-state index contributed by atoms with van der Waals surface area (Å²) in [4.78, 5) is 10.2. The van der Waals surface area contributed by atoms with Gasteiger partial charge in [-0.15, -0.1) is 0 Å². The van der Waals surface area contributed by atoms with Crippen LogP contribution in [0.3, 0.4) is 0 Å². The first-order valence-corrected chi connectivity index (χ1v) is 5.21. The van der Waals surface area contributed by atoms with E-state index in [1.165, 1.54) is 0 Å². The molecule has 0 saturated heterocycles. The molecule has 0 amide bonds. The summed E-state index contributed by atoms with van der Waals surface area (Å²) in [5.41, 5.74) is 12.5. The first-order chi connectivity index (χ1) is 7.72. The maximum absolute atomic E-state index is 5.82. The second-order valence-electron chi connectivity index (χ2n) is 3.53. The third kappa shape index (κ3) is 1.84. The molecule has 2 rings (SSSR count). The number of nitrogens with zero attached hydrogens (tertiary/aromatic N) is 3. The molecule has 0 aromatic heterocycles. The fourth-order valence-corrected chi connectivity index (χ4v) is 1.75. The van der Waals surface area contributed by atoms with E-state index in [1.54, 1.807) is 0 Å². The van der Waals surface area contributed by atoms with Crippen molar-refractivity contribution in [3.8, 4) is 0 Å². The molecule has 4 N–H and O–H groups in total. The van der Waals surface area contributed by atoms with E-state index in [9.17, 15) is 0 Å². The van der Waals surface area contributed by atoms with Crippen LogP contribution < -0.4 is 11.5 Å². The number of aliphatic imine (C=N–C) groups is 2. The largest absolute Gasteiger partial charge is 0.369 e. The summed E-state index contributed by atoms with van der Waals surface area (Å²) < 4.78 is 0. The van der Waals surface area contributed by atoms with Gasteiger partial charge in [0.1, 0.15) is 0 Å². The molecule has 0 saturated carbocycles. The van der Waals surface area contributed by atoms with Gasteiger partial charge in [0.15, 0.2) is 6.17 Å². The minimum absolute atomic E-state index is 0.163. The van der Waals surface area contributed by atoms with Gasteiger partial charge in [0, 0.05) is 6.54 Å². The SMILES string of the molecule is CCN1C(N)=NC(N)=NC1c1ccccc1. The van der Waals surface area contributed by atoms with E-state index in [0.29, 0.717) is 5.96 Å². The Bertz CT molecular complexity index is 423. The fraction of sp³-hybridized carbons (Fsp3) is 0.273. The Morgan fingerprint density at radius 3 is 2.56 bits per heavy atom. The standard InChI is InChI=1S/C11H15N5/c1-2-16-9(8-6-4-3-5-7-8)14-10(12)15-11(16)13/h3-7,9H,2H2,1H3,(H4,12,13,14,15). The Hall–Kier alpha value is -2.04. The van der Waals surface area contributed by atoms with Crippen LogP contribution in [-0.2, 0) is 0 Å². The van der Waals surface area contributed by atoms with Crippen LogP contribution in [-0.4, -0.2) is 23.4 Å². The highest BCUT2D eigenvalue weighted by Gasteiger charge is 2.23. The number of hydrogen-bond donors (Lipinski definition) is 2. The molecule has 1 aromatic carbocycles. The predicted molar refractivity (Wildman–Crippen MR) is 64.8 cm³/mol. The molecule has 84 valence electrons. The topological polar surface area (TPSA) is 80.0 Å². The second-order valence-corrected chi connectivity index (χ2v) is 3.53. The first kappa shape index (κ1) is 10.5. The van der Waals surface area contributed by atoms with Crippen LogP contribution >= 0.6 is 0 Å². The van der Waals surface area contributed by atoms with Crippen molar-refractivity contribution in [2.24, 2.45) is 21.5 Å². The molecular weight excluding hydrogens is 202 g/mol. The van der Waals surface area contributed by atoms with Crippen molar-refractivity contribution in [3.05, 3.63) is 35.9 Å². The van der Waals surface area contributed by atoms with E-state index < -0.39 is 0 Å². The van der Waals surface area contributed by atoms with E-state index in [0.717, 1.165) is 12.1 Å². The van der Waals surface area contributed by atoms with Crippen LogP contribution in [0.15, 0.2) is 40.3 Å². The molecule has 1 unspecified atom stereocenters. The molecule has 0 spiro atoms. The van der Waals surface area contributed by atoms with Crippen molar-refractivity contribution in [3.63, 3.8) is 0 Å². The van der Waals surface area contributed by atoms with Gasteiger partial charge in [0.2, 0.25) is 11.9 Å². The molecule has 0 aliphatic carbocycles. The smallest absolute Gasteiger partial charge is 0.220 e. The molecule has 0 radical (unpaired) electrons. The van der Waals surface area contributed by atoms with Gasteiger partial charge in [-0.3, -0.25) is 0 Å². The van der Waals surface area contributed by atoms with Gasteiger partial charge in [-0.05, 0) is 12.5 Å². The first-order valence-electron chi connectivity index (χ1n) is 5.21. The molecule has 1 aliphatic rings. The predicted octanol–water partition coefficient (Wildman–Crippen LogP) is 0.650. The summed E-state index contributed by atoms with van der Waals surface area (Å²) in [6, 6.07) is 9.91. The van der Waals surface area contributed by atoms with Gasteiger partial charge in [-0.2, -0.15) is 4.99 Å². The van der Waals surface area contributed by atoms with Crippen molar-refractivity contribution >= 4 is 11.9 Å². The van der Waals surface area contributed by atoms with Gasteiger partial charge in [0.05, 0.1) is 0 Å². The Kier molecular flexibility index (Phi) is 2.76. The van der Waals surface area contributed by atoms with Crippen LogP contribution in [0.25, 0.3) is 0 Å². The lowest BCUT2D eigenvalue weighted by molar-refractivity contribution is 0.331. The number of guanidine groups is 2. The van der Waals surface area contributed by atoms with Crippen LogP contribution in [0.4, 0.5) is 0 Å². The minimum atomic E-state index is -0.163. The van der Waals surface area contributed by atoms with E-state index in [2.05, 4.69) is 9.98 Å². The van der Waals surface area contributed by atoms with Crippen molar-refractivity contribution in [2.75, 3.05) is 6.54 Å². The van der Waals surface area contributed by atoms with E-state index >= 15 is 0 Å². The fourth-order valence-electron chi connectivity index (χ4n) is 1.75. The average Bonchev–Trinajstić information content (AvgIpc) is 2.29. The zero-order chi connectivity index (χ0) is 11.5. The van der Waals surface area contributed by atoms with E-state index in [1.807, 2.05) is 42.2 Å². The maximum Gasteiger partial charge on any atom is 0.220 e. The quantitative estimate of drug-likeness (QED) is 0.763. The Morgan fingerprint density at radius 1 is 1.25 bits per heavy atom. The Labute approximate surface area is 94.5 Å². The average molecular weight is 217 g/mol. The molecule has 1 heterocycles. The van der Waals surface area contributed by atoms with Crippen LogP contribution in [0, 0.1) is 0 Å². The summed E-state index contributed by atoms with van der Waals surface area (Å²) in [5.74, 6) is 0.653. The molecule has 5 nitrogen and oxygen atoms in total. The molecule has 1 aliphatic heterocycles. The minimum Gasteiger partial charge on any atom is -0.369 e. The van der Waals surface area contributed by atoms with Crippen molar-refractivity contribution < 1.29 is 0 Å². The van der Waals surface area contributed by atoms with Crippen molar-refractivity contribution in [1.29, 1.82) is 0 Å². The van der Waals surface area contributed by atoms with Crippen molar-refractivity contribution in [1.82, 2.24) is 4.90 Å². The zero-order valence-corrected chi connectivity index (χ0v) is 9.17. The van der Waals surface area contributed by atoms with E-state index in [4.69, 9.17) is 11.5 Å². The number of nitrogens with two attached hydrogens (primary N) is 2. The summed E-state index contributed by atoms with van der Waals surface area (Å²) in [7, 11) is 0. The molecule has 16 heavy (non-hydrogen) atoms. The maximum atomic E-state index is 5.82. The molecule has 1 aromatic rings. The highest BCUT2D eigenvalue weighted by molar-refractivity contribution is 5.95. The molecule has 0 fully saturated rings. The monoisotopic (exact) mass is 217 g/mol. The summed E-state index contributed by atoms with van der Waals surface area (Å²) in [6.45, 7) is 2.75. The number of hydrogen-bond acceptors (Lipinski definition) is 5. The zero-order valence-electron chi connectivity index (χ0n) is 9.17. The van der Waals surface area contributed by atoms with Crippen LogP contribution in [0.2, 0.25) is 0 Å². The lowest BCUT2D eigenvalue weighted by atomic mass is 10.1. The molecule has 5 heteroatoms. The Morgan fingerprint density at radius 2 is 1.94 bits per heavy atom. The molecule has 0 bridgehead atoms. The lowest BCUT2D eigenvalue weighted by Gasteiger charge is -2.31. The van der Waals surface area contributed by atoms with Gasteiger partial charge < -0.3 is 16.4 Å². The number of benzene rings is 1. The molecular formula is C11H15N5. The summed E-state index contributed by atoms with van der Waals surface area (Å²) in [6.07, 6.45) is -0.163. The summed E-state index contributed by atoms with van der Waals surface area (Å²) >= 11 is 0. The van der Waals surface area contributed by atoms with Gasteiger partial charge in [-0.1, -0.05) is 30.3 Å². The second kappa shape index (κ2) is 4.22. The van der Waals surface area contributed by atoms with Crippen LogP contribution in [0.1, 0.15) is 18.7 Å². The van der Waals surface area contributed by atoms with E-state index in [-0.39, 0.29) is 12.1 Å². The van der Waals surface area contributed by atoms with Crippen LogP contribution in [0.5, 0.6) is 0 Å². The molecule has 1 atom stereocenters. The van der Waals surface area contributed by atoms with Crippen molar-refractivity contribution in [2.45, 2.75) is 13.1 Å². The lowest BCUT2D eigenvalue weighted by Crippen LogP contribution is -2.43. The van der Waals surface area contributed by atoms with Gasteiger partial charge in [0.25, 0.3) is 0 Å². The highest BCUT2D eigenvalue weighted by Crippen LogP contribution is 2.23. The van der Waals surface area contributed by atoms with Gasteiger partial charge >= 0.3 is 0 Å². The Balaban J connectivity index is 2.37. The third-order valence-electron chi connectivity index (χ3n) is 2.51.